The van der Waals surface area contributed by atoms with E-state index in [1.54, 1.807) is 0 Å². The normalized spacial score (nSPS) is 27.5. The molecule has 0 aromatic carbocycles. The van der Waals surface area contributed by atoms with Gasteiger partial charge in [-0.1, -0.05) is 0 Å². The van der Waals surface area contributed by atoms with Crippen LogP contribution in [0.3, 0.4) is 0 Å². The third kappa shape index (κ3) is 2.51. The van der Waals surface area contributed by atoms with Crippen LogP contribution < -0.4 is 10.6 Å². The molecule has 2 fully saturated rings. The molecule has 20 heavy (non-hydrogen) atoms. The van der Waals surface area contributed by atoms with Gasteiger partial charge in [0.1, 0.15) is 0 Å². The highest BCUT2D eigenvalue weighted by Crippen LogP contribution is 2.33. The summed E-state index contributed by atoms with van der Waals surface area (Å²) in [4.78, 5) is 27.1. The van der Waals surface area contributed by atoms with Gasteiger partial charge in [0.15, 0.2) is 0 Å². The number of aromatic nitrogens is 1. The number of fused-ring (bicyclic) bond motifs is 2. The van der Waals surface area contributed by atoms with Gasteiger partial charge in [-0.15, -0.1) is 0 Å². The lowest BCUT2D eigenvalue weighted by molar-refractivity contribution is -0.125. The molecular weight excluding hydrogens is 258 g/mol. The predicted molar refractivity (Wildman–Crippen MR) is 71.1 cm³/mol. The summed E-state index contributed by atoms with van der Waals surface area (Å²) in [5.41, 5.74) is 0.750. The van der Waals surface area contributed by atoms with Crippen LogP contribution in [0.25, 0.3) is 0 Å². The zero-order chi connectivity index (χ0) is 14.1. The monoisotopic (exact) mass is 275 g/mol. The summed E-state index contributed by atoms with van der Waals surface area (Å²) in [6.45, 7) is 0.272. The number of aromatic carboxylic acids is 1. The van der Waals surface area contributed by atoms with E-state index in [2.05, 4.69) is 15.6 Å². The number of hydrogen-bond donors (Lipinski definition) is 3. The third-order valence-electron chi connectivity index (χ3n) is 4.14. The standard InChI is InChI=1S/C14H17N3O3/c18-13(11-6-9-1-2-12(11)17-9)16-7-10-5-8(14(19)20)3-4-15-10/h3-5,9,11-12,17H,1-2,6-7H2,(H,16,18)(H,19,20). The molecule has 0 saturated carbocycles. The summed E-state index contributed by atoms with van der Waals surface area (Å²) in [6.07, 6.45) is 4.58. The van der Waals surface area contributed by atoms with E-state index in [-0.39, 0.29) is 23.9 Å². The molecule has 2 aliphatic rings. The fourth-order valence-electron chi connectivity index (χ4n) is 3.13. The first kappa shape index (κ1) is 13.1. The molecule has 1 aromatic heterocycles. The molecule has 6 nitrogen and oxygen atoms in total. The molecule has 2 saturated heterocycles. The fraction of sp³-hybridized carbons (Fsp3) is 0.500. The quantitative estimate of drug-likeness (QED) is 0.746. The van der Waals surface area contributed by atoms with Crippen LogP contribution in [0.2, 0.25) is 0 Å². The maximum absolute atomic E-state index is 12.1. The zero-order valence-electron chi connectivity index (χ0n) is 11.0. The van der Waals surface area contributed by atoms with Crippen LogP contribution in [0, 0.1) is 5.92 Å². The number of amides is 1. The van der Waals surface area contributed by atoms with Crippen LogP contribution in [0.15, 0.2) is 18.3 Å². The van der Waals surface area contributed by atoms with Crippen molar-refractivity contribution in [3.8, 4) is 0 Å². The van der Waals surface area contributed by atoms with Crippen LogP contribution in [0.5, 0.6) is 0 Å². The van der Waals surface area contributed by atoms with Crippen molar-refractivity contribution in [2.45, 2.75) is 37.9 Å². The van der Waals surface area contributed by atoms with E-state index >= 15 is 0 Å². The maximum Gasteiger partial charge on any atom is 0.335 e. The molecule has 3 heterocycles. The third-order valence-corrected chi connectivity index (χ3v) is 4.14. The van der Waals surface area contributed by atoms with Crippen molar-refractivity contribution < 1.29 is 14.7 Å². The summed E-state index contributed by atoms with van der Waals surface area (Å²) in [5, 5.41) is 15.2. The van der Waals surface area contributed by atoms with Gasteiger partial charge in [0.05, 0.1) is 23.7 Å². The Morgan fingerprint density at radius 1 is 1.45 bits per heavy atom. The lowest BCUT2D eigenvalue weighted by Gasteiger charge is -2.19. The molecule has 3 N–H and O–H groups in total. The average molecular weight is 275 g/mol. The summed E-state index contributed by atoms with van der Waals surface area (Å²) in [6, 6.07) is 3.72. The zero-order valence-corrected chi connectivity index (χ0v) is 11.0. The summed E-state index contributed by atoms with van der Waals surface area (Å²) in [5.74, 6) is -0.916. The number of carboxylic acid groups (broad SMARTS) is 1. The van der Waals surface area contributed by atoms with Crippen LogP contribution >= 0.6 is 0 Å². The van der Waals surface area contributed by atoms with E-state index < -0.39 is 5.97 Å². The van der Waals surface area contributed by atoms with Gasteiger partial charge in [0.25, 0.3) is 0 Å². The number of carbonyl (C=O) groups is 2. The van der Waals surface area contributed by atoms with Gasteiger partial charge >= 0.3 is 5.97 Å². The van der Waals surface area contributed by atoms with Crippen molar-refractivity contribution in [2.75, 3.05) is 0 Å². The Bertz CT molecular complexity index is 546. The molecule has 3 atom stereocenters. The number of hydrogen-bond acceptors (Lipinski definition) is 4. The Morgan fingerprint density at radius 3 is 2.95 bits per heavy atom. The van der Waals surface area contributed by atoms with E-state index in [0.717, 1.165) is 19.3 Å². The van der Waals surface area contributed by atoms with Gasteiger partial charge in [0, 0.05) is 18.3 Å². The van der Waals surface area contributed by atoms with Crippen LogP contribution in [0.1, 0.15) is 35.3 Å². The van der Waals surface area contributed by atoms with Gasteiger partial charge < -0.3 is 15.7 Å². The van der Waals surface area contributed by atoms with Crippen molar-refractivity contribution in [3.63, 3.8) is 0 Å². The van der Waals surface area contributed by atoms with E-state index in [0.29, 0.717) is 17.8 Å². The van der Waals surface area contributed by atoms with E-state index in [4.69, 9.17) is 5.11 Å². The van der Waals surface area contributed by atoms with Gasteiger partial charge in [0.2, 0.25) is 5.91 Å². The molecule has 3 unspecified atom stereocenters. The largest absolute Gasteiger partial charge is 0.478 e. The number of nitrogens with one attached hydrogen (secondary N) is 2. The second-order valence-electron chi connectivity index (χ2n) is 5.45. The van der Waals surface area contributed by atoms with Gasteiger partial charge in [-0.25, -0.2) is 4.79 Å². The van der Waals surface area contributed by atoms with Crippen molar-refractivity contribution in [1.82, 2.24) is 15.6 Å². The fourth-order valence-corrected chi connectivity index (χ4v) is 3.13. The molecule has 106 valence electrons. The van der Waals surface area contributed by atoms with Gasteiger partial charge in [-0.3, -0.25) is 9.78 Å². The van der Waals surface area contributed by atoms with Crippen LogP contribution in [-0.2, 0) is 11.3 Å². The molecule has 1 aromatic rings. The topological polar surface area (TPSA) is 91.3 Å². The molecule has 6 heteroatoms. The minimum atomic E-state index is -0.989. The molecule has 2 aliphatic heterocycles. The minimum Gasteiger partial charge on any atom is -0.478 e. The van der Waals surface area contributed by atoms with Gasteiger partial charge in [-0.05, 0) is 31.4 Å². The first-order valence-electron chi connectivity index (χ1n) is 6.85. The number of pyridine rings is 1. The molecule has 0 spiro atoms. The van der Waals surface area contributed by atoms with Crippen LogP contribution in [-0.4, -0.2) is 34.1 Å². The number of rotatable bonds is 4. The van der Waals surface area contributed by atoms with E-state index in [1.807, 2.05) is 0 Å². The Morgan fingerprint density at radius 2 is 2.30 bits per heavy atom. The summed E-state index contributed by atoms with van der Waals surface area (Å²) < 4.78 is 0. The van der Waals surface area contributed by atoms with Crippen LogP contribution in [0.4, 0.5) is 0 Å². The molecule has 0 radical (unpaired) electrons. The number of carbonyl (C=O) groups excluding carboxylic acids is 1. The Balaban J connectivity index is 1.58. The van der Waals surface area contributed by atoms with Crippen molar-refractivity contribution >= 4 is 11.9 Å². The highest BCUT2D eigenvalue weighted by Gasteiger charge is 2.42. The average Bonchev–Trinajstić information content (AvgIpc) is 3.07. The van der Waals surface area contributed by atoms with Crippen molar-refractivity contribution in [1.29, 1.82) is 0 Å². The molecule has 2 bridgehead atoms. The Hall–Kier alpha value is -1.95. The summed E-state index contributed by atoms with van der Waals surface area (Å²) in [7, 11) is 0. The maximum atomic E-state index is 12.1. The Kier molecular flexibility index (Phi) is 3.40. The second kappa shape index (κ2) is 5.20. The first-order chi connectivity index (χ1) is 9.63. The minimum absolute atomic E-state index is 0.0345. The second-order valence-corrected chi connectivity index (χ2v) is 5.45. The van der Waals surface area contributed by atoms with Gasteiger partial charge in [-0.2, -0.15) is 0 Å². The molecule has 1 amide bonds. The summed E-state index contributed by atoms with van der Waals surface area (Å²) >= 11 is 0. The predicted octanol–water partition coefficient (Wildman–Crippen LogP) is 0.536. The SMILES string of the molecule is O=C(O)c1ccnc(CNC(=O)C2CC3CCC2N3)c1. The highest BCUT2D eigenvalue weighted by molar-refractivity contribution is 5.87. The van der Waals surface area contributed by atoms with E-state index in [1.165, 1.54) is 18.3 Å². The van der Waals surface area contributed by atoms with Crippen molar-refractivity contribution in [2.24, 2.45) is 5.92 Å². The Labute approximate surface area is 116 Å². The lowest BCUT2D eigenvalue weighted by atomic mass is 9.88. The molecule has 3 rings (SSSR count). The smallest absolute Gasteiger partial charge is 0.335 e. The highest BCUT2D eigenvalue weighted by atomic mass is 16.4. The number of carboxylic acids is 1. The number of nitrogens with zero attached hydrogens (tertiary/aromatic N) is 1. The lowest BCUT2D eigenvalue weighted by Crippen LogP contribution is -2.37. The van der Waals surface area contributed by atoms with E-state index in [9.17, 15) is 9.59 Å². The van der Waals surface area contributed by atoms with Crippen molar-refractivity contribution in [3.05, 3.63) is 29.6 Å². The first-order valence-corrected chi connectivity index (χ1v) is 6.85. The molecular formula is C14H17N3O3. The molecule has 0 aliphatic carbocycles.